The van der Waals surface area contributed by atoms with Crippen LogP contribution in [0.1, 0.15) is 27.3 Å². The minimum atomic E-state index is -0.519. The third-order valence-corrected chi connectivity index (χ3v) is 4.83. The summed E-state index contributed by atoms with van der Waals surface area (Å²) in [6.45, 7) is 0.163. The number of aromatic nitrogens is 3. The lowest BCUT2D eigenvalue weighted by Crippen LogP contribution is -2.23. The summed E-state index contributed by atoms with van der Waals surface area (Å²) >= 11 is 5.76. The van der Waals surface area contributed by atoms with E-state index in [4.69, 9.17) is 22.7 Å². The van der Waals surface area contributed by atoms with Crippen LogP contribution in [0.25, 0.3) is 11.0 Å². The van der Waals surface area contributed by atoms with Crippen LogP contribution < -0.4 is 11.1 Å². The number of anilines is 1. The third kappa shape index (κ3) is 3.85. The van der Waals surface area contributed by atoms with Crippen molar-refractivity contribution in [2.75, 3.05) is 5.73 Å². The molecule has 2 aromatic heterocycles. The number of nitrogens with one attached hydrogen (secondary N) is 3. The number of benzene rings is 2. The Balaban J connectivity index is 1.56. The number of nitrogens with two attached hydrogens (primary N) is 1. The van der Waals surface area contributed by atoms with E-state index >= 15 is 0 Å². The number of hydrogen-bond donors (Lipinski definition) is 4. The molecule has 4 aromatic rings. The molecule has 9 heteroatoms. The quantitative estimate of drug-likeness (QED) is 0.289. The Morgan fingerprint density at radius 2 is 1.97 bits per heavy atom. The van der Waals surface area contributed by atoms with E-state index in [1.165, 1.54) is 18.2 Å². The highest BCUT2D eigenvalue weighted by Gasteiger charge is 2.15. The van der Waals surface area contributed by atoms with Gasteiger partial charge in [0.25, 0.3) is 5.91 Å². The van der Waals surface area contributed by atoms with Gasteiger partial charge < -0.3 is 16.0 Å². The van der Waals surface area contributed by atoms with Gasteiger partial charge in [0.15, 0.2) is 5.82 Å². The van der Waals surface area contributed by atoms with Crippen molar-refractivity contribution in [2.45, 2.75) is 6.54 Å². The minimum Gasteiger partial charge on any atom is -0.398 e. The molecule has 0 saturated carbocycles. The van der Waals surface area contributed by atoms with Crippen molar-refractivity contribution in [2.24, 2.45) is 0 Å². The van der Waals surface area contributed by atoms with Crippen molar-refractivity contribution in [3.05, 3.63) is 88.2 Å². The van der Waals surface area contributed by atoms with Crippen LogP contribution in [-0.4, -0.2) is 26.6 Å². The molecule has 0 unspecified atom stereocenters. The summed E-state index contributed by atoms with van der Waals surface area (Å²) in [5.41, 5.74) is 9.67. The average Bonchev–Trinajstić information content (AvgIpc) is 3.17. The summed E-state index contributed by atoms with van der Waals surface area (Å²) in [7, 11) is 0. The molecular weight excluding hydrogens is 407 g/mol. The zero-order valence-electron chi connectivity index (χ0n) is 15.5. The number of nitrogens with zero attached hydrogens (tertiary/aromatic N) is 2. The van der Waals surface area contributed by atoms with Gasteiger partial charge in [-0.1, -0.05) is 17.7 Å². The molecule has 0 bridgehead atoms. The maximum absolute atomic E-state index is 13.2. The number of halogens is 2. The van der Waals surface area contributed by atoms with Crippen LogP contribution >= 0.6 is 11.6 Å². The summed E-state index contributed by atoms with van der Waals surface area (Å²) < 4.78 is 13.2. The van der Waals surface area contributed by atoms with Crippen molar-refractivity contribution in [1.82, 2.24) is 20.3 Å². The molecule has 7 nitrogen and oxygen atoms in total. The Morgan fingerprint density at radius 1 is 1.20 bits per heavy atom. The molecule has 0 aliphatic carbocycles. The Labute approximate surface area is 175 Å². The number of pyridine rings is 1. The summed E-state index contributed by atoms with van der Waals surface area (Å²) in [5, 5.41) is 11.1. The lowest BCUT2D eigenvalue weighted by atomic mass is 10.0. The van der Waals surface area contributed by atoms with Crippen molar-refractivity contribution < 1.29 is 9.18 Å². The predicted octanol–water partition coefficient (Wildman–Crippen LogP) is 3.68. The highest BCUT2D eigenvalue weighted by Crippen LogP contribution is 2.23. The fourth-order valence-corrected chi connectivity index (χ4v) is 3.19. The first-order valence-electron chi connectivity index (χ1n) is 8.93. The Kier molecular flexibility index (Phi) is 5.16. The lowest BCUT2D eigenvalue weighted by Gasteiger charge is -2.07. The van der Waals surface area contributed by atoms with Gasteiger partial charge in [0.05, 0.1) is 21.8 Å². The number of rotatable bonds is 5. The normalized spacial score (nSPS) is 10.9. The number of aromatic amines is 1. The van der Waals surface area contributed by atoms with E-state index in [1.54, 1.807) is 36.7 Å². The van der Waals surface area contributed by atoms with Gasteiger partial charge in [-0.2, -0.15) is 0 Å². The molecule has 150 valence electrons. The van der Waals surface area contributed by atoms with Gasteiger partial charge in [-0.05, 0) is 42.0 Å². The van der Waals surface area contributed by atoms with E-state index in [0.29, 0.717) is 33.4 Å². The van der Waals surface area contributed by atoms with Gasteiger partial charge in [0.2, 0.25) is 0 Å². The summed E-state index contributed by atoms with van der Waals surface area (Å²) in [6, 6.07) is 11.0. The number of imidazole rings is 1. The van der Waals surface area contributed by atoms with Crippen LogP contribution in [0.5, 0.6) is 0 Å². The Morgan fingerprint density at radius 3 is 2.70 bits per heavy atom. The Bertz CT molecular complexity index is 1270. The van der Waals surface area contributed by atoms with E-state index in [9.17, 15) is 9.18 Å². The molecule has 0 fully saturated rings. The second-order valence-electron chi connectivity index (χ2n) is 6.58. The van der Waals surface area contributed by atoms with E-state index < -0.39 is 11.7 Å². The minimum absolute atomic E-state index is 0.00913. The molecule has 30 heavy (non-hydrogen) atoms. The van der Waals surface area contributed by atoms with E-state index in [1.807, 2.05) is 0 Å². The van der Waals surface area contributed by atoms with E-state index in [2.05, 4.69) is 20.3 Å². The van der Waals surface area contributed by atoms with Crippen LogP contribution in [0.2, 0.25) is 5.02 Å². The van der Waals surface area contributed by atoms with Crippen molar-refractivity contribution in [3.8, 4) is 0 Å². The number of nitrogen functional groups attached to an aromatic ring is 1. The standard InChI is InChI=1S/C21H16ClFN6O/c22-14-7-11(1-2-15(14)23)10-27-21(30)20-28-17-8-13(16(24)9-18(17)29-20)19(25)12-3-5-26-6-4-12/h1-9,25H,10,24H2,(H,27,30)(H,28,29). The first-order valence-corrected chi connectivity index (χ1v) is 9.31. The maximum atomic E-state index is 13.2. The molecule has 0 spiro atoms. The molecule has 2 heterocycles. The monoisotopic (exact) mass is 422 g/mol. The van der Waals surface area contributed by atoms with Gasteiger partial charge in [0, 0.05) is 35.8 Å². The molecular formula is C21H16ClFN6O. The van der Waals surface area contributed by atoms with Crippen LogP contribution in [-0.2, 0) is 6.54 Å². The number of carbonyl (C=O) groups excluding carboxylic acids is 1. The molecule has 2 aromatic carbocycles. The molecule has 0 aliphatic rings. The van der Waals surface area contributed by atoms with Crippen LogP contribution in [0.15, 0.2) is 54.9 Å². The van der Waals surface area contributed by atoms with E-state index in [0.717, 1.165) is 0 Å². The average molecular weight is 423 g/mol. The fraction of sp³-hybridized carbons (Fsp3) is 0.0476. The molecule has 0 saturated heterocycles. The molecule has 0 radical (unpaired) electrons. The van der Waals surface area contributed by atoms with Gasteiger partial charge in [-0.3, -0.25) is 15.2 Å². The summed E-state index contributed by atoms with van der Waals surface area (Å²) in [4.78, 5) is 23.7. The summed E-state index contributed by atoms with van der Waals surface area (Å²) in [6.07, 6.45) is 3.20. The zero-order chi connectivity index (χ0) is 21.3. The highest BCUT2D eigenvalue weighted by atomic mass is 35.5. The number of H-pyrrole nitrogens is 1. The molecule has 4 rings (SSSR count). The summed E-state index contributed by atoms with van der Waals surface area (Å²) in [5.74, 6) is -0.851. The molecule has 1 amide bonds. The third-order valence-electron chi connectivity index (χ3n) is 4.54. The number of amides is 1. The number of fused-ring (bicyclic) bond motifs is 1. The lowest BCUT2D eigenvalue weighted by molar-refractivity contribution is 0.0942. The first kappa shape index (κ1) is 19.5. The molecule has 0 atom stereocenters. The zero-order valence-corrected chi connectivity index (χ0v) is 16.3. The number of hydrogen-bond acceptors (Lipinski definition) is 5. The first-order chi connectivity index (χ1) is 14.4. The van der Waals surface area contributed by atoms with Gasteiger partial charge in [-0.25, -0.2) is 9.37 Å². The van der Waals surface area contributed by atoms with E-state index in [-0.39, 0.29) is 23.1 Å². The largest absolute Gasteiger partial charge is 0.398 e. The SMILES string of the molecule is N=C(c1ccncc1)c1cc2nc(C(=O)NCc3ccc(F)c(Cl)c3)[nH]c2cc1N. The second kappa shape index (κ2) is 7.92. The Hall–Kier alpha value is -3.78. The molecule has 0 aliphatic heterocycles. The van der Waals surface area contributed by atoms with Crippen molar-refractivity contribution >= 4 is 39.9 Å². The predicted molar refractivity (Wildman–Crippen MR) is 113 cm³/mol. The number of carbonyl (C=O) groups is 1. The second-order valence-corrected chi connectivity index (χ2v) is 6.99. The van der Waals surface area contributed by atoms with Crippen LogP contribution in [0.4, 0.5) is 10.1 Å². The van der Waals surface area contributed by atoms with Crippen LogP contribution in [0, 0.1) is 11.2 Å². The molecule has 5 N–H and O–H groups in total. The van der Waals surface area contributed by atoms with Gasteiger partial charge >= 0.3 is 0 Å². The van der Waals surface area contributed by atoms with Gasteiger partial charge in [-0.15, -0.1) is 0 Å². The van der Waals surface area contributed by atoms with Crippen molar-refractivity contribution in [3.63, 3.8) is 0 Å². The highest BCUT2D eigenvalue weighted by molar-refractivity contribution is 6.30. The van der Waals surface area contributed by atoms with Crippen molar-refractivity contribution in [1.29, 1.82) is 5.41 Å². The fourth-order valence-electron chi connectivity index (χ4n) is 2.99. The maximum Gasteiger partial charge on any atom is 0.287 e. The van der Waals surface area contributed by atoms with Gasteiger partial charge in [0.1, 0.15) is 5.82 Å². The topological polar surface area (TPSA) is 121 Å². The smallest absolute Gasteiger partial charge is 0.287 e. The van der Waals surface area contributed by atoms with Crippen LogP contribution in [0.3, 0.4) is 0 Å².